The number of benzene rings is 2. The van der Waals surface area contributed by atoms with Crippen LogP contribution >= 0.6 is 34.5 Å². The highest BCUT2D eigenvalue weighted by Gasteiger charge is 2.26. The van der Waals surface area contributed by atoms with Crippen LogP contribution in [0.15, 0.2) is 42.5 Å². The third kappa shape index (κ3) is 3.65. The summed E-state index contributed by atoms with van der Waals surface area (Å²) in [7, 11) is 0. The highest BCUT2D eigenvalue weighted by Crippen LogP contribution is 2.32. The van der Waals surface area contributed by atoms with E-state index in [-0.39, 0.29) is 11.8 Å². The van der Waals surface area contributed by atoms with Crippen LogP contribution in [0.1, 0.15) is 12.8 Å². The lowest BCUT2D eigenvalue weighted by molar-refractivity contribution is -0.120. The number of rotatable bonds is 3. The Morgan fingerprint density at radius 1 is 1.12 bits per heavy atom. The summed E-state index contributed by atoms with van der Waals surface area (Å²) in [4.78, 5) is 19.5. The second kappa shape index (κ2) is 7.43. The molecule has 2 aromatic carbocycles. The number of nitrogens with one attached hydrogen (secondary N) is 1. The van der Waals surface area contributed by atoms with Crippen LogP contribution in [-0.4, -0.2) is 24.0 Å². The molecule has 0 aliphatic carbocycles. The first-order valence-corrected chi connectivity index (χ1v) is 10.0. The van der Waals surface area contributed by atoms with Gasteiger partial charge in [0.15, 0.2) is 5.13 Å². The molecular formula is C19H17Cl2N3OS. The summed E-state index contributed by atoms with van der Waals surface area (Å²) in [6.07, 6.45) is 1.62. The topological polar surface area (TPSA) is 45.2 Å². The van der Waals surface area contributed by atoms with Gasteiger partial charge in [0, 0.05) is 24.7 Å². The van der Waals surface area contributed by atoms with Gasteiger partial charge in [-0.05, 0) is 43.2 Å². The molecule has 3 aromatic rings. The van der Waals surface area contributed by atoms with Gasteiger partial charge in [-0.1, -0.05) is 46.7 Å². The zero-order chi connectivity index (χ0) is 18.1. The fourth-order valence-electron chi connectivity index (χ4n) is 3.15. The fraction of sp³-hybridized carbons (Fsp3) is 0.263. The second-order valence-corrected chi connectivity index (χ2v) is 8.17. The number of carbonyl (C=O) groups excluding carboxylic acids is 1. The van der Waals surface area contributed by atoms with Gasteiger partial charge < -0.3 is 10.2 Å². The molecule has 0 spiro atoms. The number of halogens is 2. The zero-order valence-corrected chi connectivity index (χ0v) is 16.2. The summed E-state index contributed by atoms with van der Waals surface area (Å²) >= 11 is 13.6. The van der Waals surface area contributed by atoms with E-state index in [1.54, 1.807) is 29.5 Å². The number of piperidine rings is 1. The summed E-state index contributed by atoms with van der Waals surface area (Å²) in [5.74, 6) is 0.0300. The van der Waals surface area contributed by atoms with Crippen molar-refractivity contribution < 1.29 is 4.79 Å². The van der Waals surface area contributed by atoms with E-state index in [0.29, 0.717) is 15.7 Å². The van der Waals surface area contributed by atoms with Crippen LogP contribution in [0.5, 0.6) is 0 Å². The van der Waals surface area contributed by atoms with Crippen molar-refractivity contribution in [1.29, 1.82) is 0 Å². The molecule has 0 radical (unpaired) electrons. The first-order valence-electron chi connectivity index (χ1n) is 8.46. The molecule has 1 aliphatic rings. The fourth-order valence-corrected chi connectivity index (χ4v) is 4.46. The number of fused-ring (bicyclic) bond motifs is 1. The number of thiazole rings is 1. The lowest BCUT2D eigenvalue weighted by atomic mass is 9.96. The van der Waals surface area contributed by atoms with Gasteiger partial charge in [-0.25, -0.2) is 4.98 Å². The Morgan fingerprint density at radius 3 is 2.62 bits per heavy atom. The van der Waals surface area contributed by atoms with Crippen molar-refractivity contribution >= 4 is 61.5 Å². The van der Waals surface area contributed by atoms with E-state index in [1.165, 1.54) is 4.70 Å². The Kier molecular flexibility index (Phi) is 5.02. The van der Waals surface area contributed by atoms with E-state index in [4.69, 9.17) is 28.2 Å². The third-order valence-corrected chi connectivity index (χ3v) is 6.44. The number of hydrogen-bond donors (Lipinski definition) is 1. The Hall–Kier alpha value is -1.82. The first kappa shape index (κ1) is 17.6. The molecule has 7 heteroatoms. The Balaban J connectivity index is 1.38. The SMILES string of the molecule is O=C(Nc1ccc(Cl)c(Cl)c1)C1CCN(c2nc3ccccc3s2)CC1. The highest BCUT2D eigenvalue weighted by atomic mass is 35.5. The summed E-state index contributed by atoms with van der Waals surface area (Å²) in [5.41, 5.74) is 1.71. The van der Waals surface area contributed by atoms with E-state index in [0.717, 1.165) is 36.6 Å². The minimum absolute atomic E-state index is 0.00455. The molecule has 1 fully saturated rings. The molecule has 0 unspecified atom stereocenters. The molecule has 2 heterocycles. The van der Waals surface area contributed by atoms with Crippen LogP contribution in [-0.2, 0) is 4.79 Å². The summed E-state index contributed by atoms with van der Waals surface area (Å²) < 4.78 is 1.20. The molecule has 1 N–H and O–H groups in total. The molecule has 4 rings (SSSR count). The number of amides is 1. The molecule has 134 valence electrons. The van der Waals surface area contributed by atoms with Gasteiger partial charge in [0.05, 0.1) is 20.3 Å². The molecule has 1 saturated heterocycles. The zero-order valence-electron chi connectivity index (χ0n) is 13.9. The van der Waals surface area contributed by atoms with E-state index < -0.39 is 0 Å². The molecular weight excluding hydrogens is 389 g/mol. The van der Waals surface area contributed by atoms with Crippen molar-refractivity contribution in [2.45, 2.75) is 12.8 Å². The van der Waals surface area contributed by atoms with Crippen LogP contribution in [0.3, 0.4) is 0 Å². The van der Waals surface area contributed by atoms with E-state index in [9.17, 15) is 4.79 Å². The van der Waals surface area contributed by atoms with Gasteiger partial charge in [0.1, 0.15) is 0 Å². The highest BCUT2D eigenvalue weighted by molar-refractivity contribution is 7.22. The van der Waals surface area contributed by atoms with Crippen molar-refractivity contribution in [3.63, 3.8) is 0 Å². The van der Waals surface area contributed by atoms with Gasteiger partial charge in [0.2, 0.25) is 5.91 Å². The molecule has 1 aromatic heterocycles. The average Bonchev–Trinajstić information content (AvgIpc) is 3.09. The van der Waals surface area contributed by atoms with Gasteiger partial charge in [-0.2, -0.15) is 0 Å². The molecule has 4 nitrogen and oxygen atoms in total. The van der Waals surface area contributed by atoms with Gasteiger partial charge in [0.25, 0.3) is 0 Å². The van der Waals surface area contributed by atoms with Gasteiger partial charge >= 0.3 is 0 Å². The Morgan fingerprint density at radius 2 is 1.88 bits per heavy atom. The van der Waals surface area contributed by atoms with Crippen molar-refractivity contribution in [2.75, 3.05) is 23.3 Å². The number of nitrogens with zero attached hydrogens (tertiary/aromatic N) is 2. The lowest BCUT2D eigenvalue weighted by Crippen LogP contribution is -2.38. The molecule has 0 atom stereocenters. The monoisotopic (exact) mass is 405 g/mol. The largest absolute Gasteiger partial charge is 0.348 e. The van der Waals surface area contributed by atoms with Crippen LogP contribution in [0.25, 0.3) is 10.2 Å². The van der Waals surface area contributed by atoms with E-state index in [1.807, 2.05) is 18.2 Å². The number of carbonyl (C=O) groups is 1. The van der Waals surface area contributed by atoms with Gasteiger partial charge in [-0.15, -0.1) is 0 Å². The minimum atomic E-state index is -0.00455. The minimum Gasteiger partial charge on any atom is -0.348 e. The van der Waals surface area contributed by atoms with Crippen LogP contribution < -0.4 is 10.2 Å². The van der Waals surface area contributed by atoms with Crippen molar-refractivity contribution in [3.05, 3.63) is 52.5 Å². The van der Waals surface area contributed by atoms with Crippen molar-refractivity contribution in [3.8, 4) is 0 Å². The average molecular weight is 406 g/mol. The maximum atomic E-state index is 12.5. The summed E-state index contributed by atoms with van der Waals surface area (Å²) in [5, 5.41) is 4.90. The number of anilines is 2. The van der Waals surface area contributed by atoms with Crippen molar-refractivity contribution in [1.82, 2.24) is 4.98 Å². The lowest BCUT2D eigenvalue weighted by Gasteiger charge is -2.31. The van der Waals surface area contributed by atoms with Crippen LogP contribution in [0.2, 0.25) is 10.0 Å². The maximum Gasteiger partial charge on any atom is 0.227 e. The number of para-hydroxylation sites is 1. The third-order valence-electron chi connectivity index (χ3n) is 4.61. The predicted molar refractivity (Wildman–Crippen MR) is 110 cm³/mol. The number of aromatic nitrogens is 1. The standard InChI is InChI=1S/C19H17Cl2N3OS/c20-14-6-5-13(11-15(14)21)22-18(25)12-7-9-24(10-8-12)19-23-16-3-1-2-4-17(16)26-19/h1-6,11-12H,7-10H2,(H,22,25). The number of hydrogen-bond acceptors (Lipinski definition) is 4. The summed E-state index contributed by atoms with van der Waals surface area (Å²) in [6, 6.07) is 13.3. The normalized spacial score (nSPS) is 15.4. The smallest absolute Gasteiger partial charge is 0.227 e. The molecule has 26 heavy (non-hydrogen) atoms. The second-order valence-electron chi connectivity index (χ2n) is 6.34. The van der Waals surface area contributed by atoms with Crippen molar-refractivity contribution in [2.24, 2.45) is 5.92 Å². The Labute approximate surface area is 165 Å². The molecule has 0 saturated carbocycles. The molecule has 1 amide bonds. The molecule has 0 bridgehead atoms. The van der Waals surface area contributed by atoms with Crippen LogP contribution in [0, 0.1) is 5.92 Å². The van der Waals surface area contributed by atoms with E-state index >= 15 is 0 Å². The predicted octanol–water partition coefficient (Wildman–Crippen LogP) is 5.46. The quantitative estimate of drug-likeness (QED) is 0.629. The molecule has 1 aliphatic heterocycles. The summed E-state index contributed by atoms with van der Waals surface area (Å²) in [6.45, 7) is 1.67. The Bertz CT molecular complexity index is 918. The maximum absolute atomic E-state index is 12.5. The van der Waals surface area contributed by atoms with E-state index in [2.05, 4.69) is 16.3 Å². The first-order chi connectivity index (χ1) is 12.6. The van der Waals surface area contributed by atoms with Crippen LogP contribution in [0.4, 0.5) is 10.8 Å². The van der Waals surface area contributed by atoms with Gasteiger partial charge in [-0.3, -0.25) is 4.79 Å².